The van der Waals surface area contributed by atoms with Gasteiger partial charge in [-0.2, -0.15) is 0 Å². The summed E-state index contributed by atoms with van der Waals surface area (Å²) in [7, 11) is 0. The van der Waals surface area contributed by atoms with E-state index in [2.05, 4.69) is 42.3 Å². The molecule has 0 aliphatic heterocycles. The summed E-state index contributed by atoms with van der Waals surface area (Å²) in [5.74, 6) is 1.59. The minimum Gasteiger partial charge on any atom is -0.234 e. The Morgan fingerprint density at radius 2 is 1.07 bits per heavy atom. The number of hydrogen-bond donors (Lipinski definition) is 0. The fourth-order valence-corrected chi connectivity index (χ4v) is 4.35. The molecule has 0 aliphatic rings. The first kappa shape index (κ1) is 26.2. The zero-order valence-corrected chi connectivity index (χ0v) is 20.4. The first-order valence-electron chi connectivity index (χ1n) is 13.4. The van der Waals surface area contributed by atoms with Crippen LogP contribution in [0, 0.1) is 0 Å². The van der Waals surface area contributed by atoms with Crippen LogP contribution in [0.25, 0.3) is 0 Å². The van der Waals surface area contributed by atoms with E-state index in [-0.39, 0.29) is 0 Å². The van der Waals surface area contributed by atoms with Crippen LogP contribution in [-0.2, 0) is 19.5 Å². The van der Waals surface area contributed by atoms with E-state index in [1.54, 1.807) is 5.82 Å². The second-order valence-electron chi connectivity index (χ2n) is 9.15. The van der Waals surface area contributed by atoms with Gasteiger partial charge in [-0.1, -0.05) is 111 Å². The molecule has 0 saturated heterocycles. The normalized spacial score (nSPS) is 11.4. The van der Waals surface area contributed by atoms with Gasteiger partial charge in [-0.3, -0.25) is 0 Å². The van der Waals surface area contributed by atoms with Crippen LogP contribution >= 0.6 is 0 Å². The minimum atomic E-state index is 1.20. The highest BCUT2D eigenvalue weighted by Gasteiger charge is 2.16. The van der Waals surface area contributed by atoms with Crippen molar-refractivity contribution in [1.29, 1.82) is 0 Å². The van der Waals surface area contributed by atoms with Crippen LogP contribution in [0.4, 0.5) is 0 Å². The molecule has 0 atom stereocenters. The molecule has 0 N–H and O–H groups in total. The van der Waals surface area contributed by atoms with Crippen LogP contribution < -0.4 is 4.57 Å². The van der Waals surface area contributed by atoms with Crippen LogP contribution in [0.5, 0.6) is 0 Å². The Morgan fingerprint density at radius 1 is 0.586 bits per heavy atom. The Morgan fingerprint density at radius 3 is 1.62 bits per heavy atom. The number of rotatable bonds is 21. The molecule has 0 aliphatic carbocycles. The summed E-state index contributed by atoms with van der Waals surface area (Å²) >= 11 is 0. The minimum absolute atomic E-state index is 1.20. The van der Waals surface area contributed by atoms with Crippen LogP contribution in [-0.4, -0.2) is 4.57 Å². The van der Waals surface area contributed by atoms with E-state index in [0.29, 0.717) is 0 Å². The molecule has 0 saturated carbocycles. The highest BCUT2D eigenvalue weighted by atomic mass is 15.1. The molecular formula is C27H53N2+. The van der Waals surface area contributed by atoms with Crippen LogP contribution in [0.1, 0.15) is 142 Å². The highest BCUT2D eigenvalue weighted by Crippen LogP contribution is 2.13. The molecule has 2 nitrogen and oxygen atoms in total. The fraction of sp³-hybridized carbons (Fsp3) is 0.889. The molecular weight excluding hydrogens is 352 g/mol. The summed E-state index contributed by atoms with van der Waals surface area (Å²) < 4.78 is 5.12. The Kier molecular flexibility index (Phi) is 17.4. The third-order valence-electron chi connectivity index (χ3n) is 6.35. The second kappa shape index (κ2) is 19.2. The predicted molar refractivity (Wildman–Crippen MR) is 128 cm³/mol. The van der Waals surface area contributed by atoms with Crippen molar-refractivity contribution in [1.82, 2.24) is 4.57 Å². The lowest BCUT2D eigenvalue weighted by molar-refractivity contribution is -0.704. The topological polar surface area (TPSA) is 8.81 Å². The van der Waals surface area contributed by atoms with E-state index in [1.165, 1.54) is 135 Å². The number of aromatic nitrogens is 2. The van der Waals surface area contributed by atoms with E-state index in [1.807, 2.05) is 0 Å². The lowest BCUT2D eigenvalue weighted by Crippen LogP contribution is -2.37. The average molecular weight is 406 g/mol. The first-order valence-corrected chi connectivity index (χ1v) is 13.4. The SMILES string of the molecule is CCCCCCCCCCCCc1n(CCCC)cc[n+]1CCCCCCCC. The number of nitrogens with zero attached hydrogens (tertiary/aromatic N) is 2. The zero-order chi connectivity index (χ0) is 21.0. The van der Waals surface area contributed by atoms with Crippen LogP contribution in [0.3, 0.4) is 0 Å². The molecule has 2 heteroatoms. The maximum atomic E-state index is 2.57. The monoisotopic (exact) mass is 405 g/mol. The molecule has 1 aromatic heterocycles. The summed E-state index contributed by atoms with van der Waals surface area (Å²) in [4.78, 5) is 0. The zero-order valence-electron chi connectivity index (χ0n) is 20.4. The molecule has 0 aromatic carbocycles. The van der Waals surface area contributed by atoms with Crippen molar-refractivity contribution in [3.05, 3.63) is 18.2 Å². The Labute approximate surface area is 183 Å². The molecule has 0 unspecified atom stereocenters. The Balaban J connectivity index is 2.28. The second-order valence-corrected chi connectivity index (χ2v) is 9.15. The van der Waals surface area contributed by atoms with Gasteiger partial charge in [0.15, 0.2) is 0 Å². The smallest absolute Gasteiger partial charge is 0.234 e. The molecule has 0 bridgehead atoms. The van der Waals surface area contributed by atoms with Gasteiger partial charge in [-0.25, -0.2) is 9.13 Å². The third-order valence-corrected chi connectivity index (χ3v) is 6.35. The molecule has 1 aromatic rings. The summed E-state index contributed by atoms with van der Waals surface area (Å²) in [6, 6.07) is 0. The van der Waals surface area contributed by atoms with Gasteiger partial charge in [0.05, 0.1) is 13.1 Å². The van der Waals surface area contributed by atoms with Crippen molar-refractivity contribution < 1.29 is 4.57 Å². The van der Waals surface area contributed by atoms with Gasteiger partial charge in [0.25, 0.3) is 5.82 Å². The molecule has 1 rings (SSSR count). The maximum absolute atomic E-state index is 2.57. The number of aryl methyl sites for hydroxylation is 2. The van der Waals surface area contributed by atoms with Gasteiger partial charge in [-0.15, -0.1) is 0 Å². The van der Waals surface area contributed by atoms with Gasteiger partial charge >= 0.3 is 0 Å². The van der Waals surface area contributed by atoms with Gasteiger partial charge in [0, 0.05) is 6.42 Å². The summed E-state index contributed by atoms with van der Waals surface area (Å²) in [5, 5.41) is 0. The predicted octanol–water partition coefficient (Wildman–Crippen LogP) is 8.40. The largest absolute Gasteiger partial charge is 0.256 e. The van der Waals surface area contributed by atoms with Crippen molar-refractivity contribution >= 4 is 0 Å². The summed E-state index contributed by atoms with van der Waals surface area (Å²) in [6.07, 6.45) is 31.1. The molecule has 170 valence electrons. The van der Waals surface area contributed by atoms with E-state index in [0.717, 1.165) is 0 Å². The van der Waals surface area contributed by atoms with Crippen molar-refractivity contribution in [3.8, 4) is 0 Å². The molecule has 0 radical (unpaired) electrons. The van der Waals surface area contributed by atoms with Gasteiger partial charge in [0.2, 0.25) is 0 Å². The van der Waals surface area contributed by atoms with Gasteiger partial charge in [-0.05, 0) is 25.7 Å². The van der Waals surface area contributed by atoms with E-state index < -0.39 is 0 Å². The summed E-state index contributed by atoms with van der Waals surface area (Å²) in [6.45, 7) is 9.33. The molecule has 29 heavy (non-hydrogen) atoms. The van der Waals surface area contributed by atoms with E-state index >= 15 is 0 Å². The van der Waals surface area contributed by atoms with Crippen molar-refractivity contribution in [2.75, 3.05) is 0 Å². The molecule has 1 heterocycles. The lowest BCUT2D eigenvalue weighted by atomic mass is 10.1. The summed E-state index contributed by atoms with van der Waals surface area (Å²) in [5.41, 5.74) is 0. The van der Waals surface area contributed by atoms with Crippen molar-refractivity contribution in [2.45, 2.75) is 156 Å². The number of imidazole rings is 1. The van der Waals surface area contributed by atoms with Crippen LogP contribution in [0.15, 0.2) is 12.4 Å². The third kappa shape index (κ3) is 13.2. The molecule has 0 amide bonds. The maximum Gasteiger partial charge on any atom is 0.256 e. The molecule has 0 spiro atoms. The van der Waals surface area contributed by atoms with E-state index in [4.69, 9.17) is 0 Å². The average Bonchev–Trinajstić information content (AvgIpc) is 3.12. The quantitative estimate of drug-likeness (QED) is 0.143. The van der Waals surface area contributed by atoms with Gasteiger partial charge < -0.3 is 0 Å². The van der Waals surface area contributed by atoms with Gasteiger partial charge in [0.1, 0.15) is 12.4 Å². The van der Waals surface area contributed by atoms with Crippen molar-refractivity contribution in [2.24, 2.45) is 0 Å². The van der Waals surface area contributed by atoms with Crippen LogP contribution in [0.2, 0.25) is 0 Å². The number of hydrogen-bond acceptors (Lipinski definition) is 0. The lowest BCUT2D eigenvalue weighted by Gasteiger charge is -2.06. The Bertz CT molecular complexity index is 463. The first-order chi connectivity index (χ1) is 14.3. The Hall–Kier alpha value is -0.790. The molecule has 0 fully saturated rings. The number of unbranched alkanes of at least 4 members (excludes halogenated alkanes) is 15. The fourth-order valence-electron chi connectivity index (χ4n) is 4.35. The van der Waals surface area contributed by atoms with E-state index in [9.17, 15) is 0 Å². The standard InChI is InChI=1S/C27H53N2/c1-4-7-10-12-14-15-16-17-18-20-22-27-28(23-9-6-3)25-26-29(27)24-21-19-13-11-8-5-2/h25-26H,4-24H2,1-3H3/q+1. The van der Waals surface area contributed by atoms with Crippen molar-refractivity contribution in [3.63, 3.8) is 0 Å². The highest BCUT2D eigenvalue weighted by molar-refractivity contribution is 4.84.